The highest BCUT2D eigenvalue weighted by Gasteiger charge is 2.25. The molecule has 1 nitrogen and oxygen atoms in total. The van der Waals surface area contributed by atoms with Crippen molar-refractivity contribution in [3.63, 3.8) is 0 Å². The quantitative estimate of drug-likeness (QED) is 0.811. The van der Waals surface area contributed by atoms with Gasteiger partial charge in [0.2, 0.25) is 0 Å². The molecule has 1 aromatic rings. The average molecular weight is 235 g/mol. The Morgan fingerprint density at radius 3 is 2.76 bits per heavy atom. The monoisotopic (exact) mass is 235 g/mol. The molecule has 0 bridgehead atoms. The molecule has 17 heavy (non-hydrogen) atoms. The summed E-state index contributed by atoms with van der Waals surface area (Å²) < 4.78 is 13.3. The van der Waals surface area contributed by atoms with Crippen molar-refractivity contribution in [2.45, 2.75) is 45.1 Å². The Kier molecular flexibility index (Phi) is 4.55. The van der Waals surface area contributed by atoms with Crippen LogP contribution in [0.3, 0.4) is 0 Å². The van der Waals surface area contributed by atoms with E-state index in [1.54, 1.807) is 6.07 Å². The van der Waals surface area contributed by atoms with Gasteiger partial charge in [-0.1, -0.05) is 31.9 Å². The first-order valence-electron chi connectivity index (χ1n) is 6.80. The van der Waals surface area contributed by atoms with Crippen molar-refractivity contribution in [1.82, 2.24) is 5.32 Å². The zero-order valence-corrected chi connectivity index (χ0v) is 10.6. The summed E-state index contributed by atoms with van der Waals surface area (Å²) >= 11 is 0. The maximum Gasteiger partial charge on any atom is 0.123 e. The lowest BCUT2D eigenvalue weighted by atomic mass is 9.91. The van der Waals surface area contributed by atoms with Gasteiger partial charge in [-0.2, -0.15) is 0 Å². The van der Waals surface area contributed by atoms with Crippen molar-refractivity contribution < 1.29 is 4.39 Å². The van der Waals surface area contributed by atoms with E-state index in [0.717, 1.165) is 18.5 Å². The third kappa shape index (κ3) is 3.29. The van der Waals surface area contributed by atoms with Gasteiger partial charge < -0.3 is 5.32 Å². The Labute approximate surface area is 103 Å². The Balaban J connectivity index is 2.13. The fourth-order valence-corrected chi connectivity index (χ4v) is 2.85. The molecule has 1 atom stereocenters. The van der Waals surface area contributed by atoms with Crippen molar-refractivity contribution >= 4 is 0 Å². The van der Waals surface area contributed by atoms with E-state index in [1.807, 2.05) is 6.07 Å². The predicted octanol–water partition coefficient (Wildman–Crippen LogP) is 4.06. The minimum Gasteiger partial charge on any atom is -0.310 e. The summed E-state index contributed by atoms with van der Waals surface area (Å²) in [5.41, 5.74) is 1.12. The highest BCUT2D eigenvalue weighted by atomic mass is 19.1. The molecule has 0 radical (unpaired) electrons. The maximum atomic E-state index is 13.3. The zero-order chi connectivity index (χ0) is 12.1. The van der Waals surface area contributed by atoms with Gasteiger partial charge in [0.1, 0.15) is 5.82 Å². The molecule has 2 heteroatoms. The first-order chi connectivity index (χ1) is 8.31. The van der Waals surface area contributed by atoms with Crippen molar-refractivity contribution in [1.29, 1.82) is 0 Å². The van der Waals surface area contributed by atoms with Gasteiger partial charge in [-0.3, -0.25) is 0 Å². The van der Waals surface area contributed by atoms with Crippen molar-refractivity contribution in [3.8, 4) is 0 Å². The van der Waals surface area contributed by atoms with Gasteiger partial charge in [0.25, 0.3) is 0 Å². The zero-order valence-electron chi connectivity index (χ0n) is 10.6. The highest BCUT2D eigenvalue weighted by molar-refractivity contribution is 5.21. The molecule has 1 aromatic carbocycles. The molecular weight excluding hydrogens is 213 g/mol. The standard InChI is InChI=1S/C15H22FN/c1-2-10-17-15(12-6-3-4-7-12)13-8-5-9-14(16)11-13/h5,8-9,11-12,15,17H,2-4,6-7,10H2,1H3. The van der Waals surface area contributed by atoms with Crippen molar-refractivity contribution in [2.24, 2.45) is 5.92 Å². The minimum atomic E-state index is -0.121. The second-order valence-corrected chi connectivity index (χ2v) is 5.03. The molecule has 1 fully saturated rings. The van der Waals surface area contributed by atoms with E-state index < -0.39 is 0 Å². The lowest BCUT2D eigenvalue weighted by Gasteiger charge is -2.25. The Hall–Kier alpha value is -0.890. The molecular formula is C15H22FN. The Bertz CT molecular complexity index is 345. The van der Waals surface area contributed by atoms with Crippen LogP contribution in [0.1, 0.15) is 50.6 Å². The second kappa shape index (κ2) is 6.15. The molecule has 1 unspecified atom stereocenters. The third-order valence-corrected chi connectivity index (χ3v) is 3.69. The van der Waals surface area contributed by atoms with Crippen LogP contribution in [0.5, 0.6) is 0 Å². The number of hydrogen-bond donors (Lipinski definition) is 1. The molecule has 1 saturated carbocycles. The molecule has 1 aliphatic carbocycles. The number of nitrogens with one attached hydrogen (secondary N) is 1. The van der Waals surface area contributed by atoms with Crippen LogP contribution in [-0.2, 0) is 0 Å². The lowest BCUT2D eigenvalue weighted by Crippen LogP contribution is -2.27. The summed E-state index contributed by atoms with van der Waals surface area (Å²) in [6.45, 7) is 3.18. The van der Waals surface area contributed by atoms with Gasteiger partial charge >= 0.3 is 0 Å². The van der Waals surface area contributed by atoms with E-state index in [9.17, 15) is 4.39 Å². The van der Waals surface area contributed by atoms with E-state index in [-0.39, 0.29) is 5.82 Å². The molecule has 94 valence electrons. The van der Waals surface area contributed by atoms with Gasteiger partial charge in [0.05, 0.1) is 0 Å². The highest BCUT2D eigenvalue weighted by Crippen LogP contribution is 2.35. The average Bonchev–Trinajstić information content (AvgIpc) is 2.83. The normalized spacial score (nSPS) is 18.5. The topological polar surface area (TPSA) is 12.0 Å². The fraction of sp³-hybridized carbons (Fsp3) is 0.600. The number of benzene rings is 1. The van der Waals surface area contributed by atoms with Crippen molar-refractivity contribution in [3.05, 3.63) is 35.6 Å². The van der Waals surface area contributed by atoms with E-state index in [2.05, 4.69) is 18.3 Å². The molecule has 1 N–H and O–H groups in total. The number of halogens is 1. The summed E-state index contributed by atoms with van der Waals surface area (Å²) in [5, 5.41) is 3.59. The van der Waals surface area contributed by atoms with Crippen LogP contribution in [-0.4, -0.2) is 6.54 Å². The summed E-state index contributed by atoms with van der Waals surface area (Å²) in [7, 11) is 0. The van der Waals surface area contributed by atoms with Gasteiger partial charge in [-0.05, 0) is 49.4 Å². The summed E-state index contributed by atoms with van der Waals surface area (Å²) in [5.74, 6) is 0.562. The van der Waals surface area contributed by atoms with E-state index >= 15 is 0 Å². The van der Waals surface area contributed by atoms with Gasteiger partial charge in [-0.15, -0.1) is 0 Å². The molecule has 0 aromatic heterocycles. The maximum absolute atomic E-state index is 13.3. The van der Waals surface area contributed by atoms with E-state index in [0.29, 0.717) is 12.0 Å². The van der Waals surface area contributed by atoms with E-state index in [1.165, 1.54) is 31.7 Å². The van der Waals surface area contributed by atoms with Crippen LogP contribution in [0.15, 0.2) is 24.3 Å². The summed E-state index contributed by atoms with van der Waals surface area (Å²) in [6, 6.07) is 7.42. The summed E-state index contributed by atoms with van der Waals surface area (Å²) in [4.78, 5) is 0. The first-order valence-corrected chi connectivity index (χ1v) is 6.80. The second-order valence-electron chi connectivity index (χ2n) is 5.03. The Morgan fingerprint density at radius 2 is 2.12 bits per heavy atom. The summed E-state index contributed by atoms with van der Waals surface area (Å²) in [6.07, 6.45) is 6.32. The molecule has 0 heterocycles. The lowest BCUT2D eigenvalue weighted by molar-refractivity contribution is 0.367. The van der Waals surface area contributed by atoms with Crippen LogP contribution in [0, 0.1) is 11.7 Å². The molecule has 0 amide bonds. The van der Waals surface area contributed by atoms with Gasteiger partial charge in [-0.25, -0.2) is 4.39 Å². The molecule has 0 aliphatic heterocycles. The van der Waals surface area contributed by atoms with Crippen LogP contribution < -0.4 is 5.32 Å². The SMILES string of the molecule is CCCNC(c1cccc(F)c1)C1CCCC1. The van der Waals surface area contributed by atoms with Crippen LogP contribution in [0.4, 0.5) is 4.39 Å². The molecule has 2 rings (SSSR count). The van der Waals surface area contributed by atoms with Gasteiger partial charge in [0, 0.05) is 6.04 Å². The van der Waals surface area contributed by atoms with Crippen molar-refractivity contribution in [2.75, 3.05) is 6.54 Å². The van der Waals surface area contributed by atoms with Crippen LogP contribution in [0.2, 0.25) is 0 Å². The predicted molar refractivity (Wildman–Crippen MR) is 69.4 cm³/mol. The minimum absolute atomic E-state index is 0.121. The fourth-order valence-electron chi connectivity index (χ4n) is 2.85. The number of rotatable bonds is 5. The molecule has 0 spiro atoms. The first kappa shape index (κ1) is 12.6. The Morgan fingerprint density at radius 1 is 1.35 bits per heavy atom. The van der Waals surface area contributed by atoms with E-state index in [4.69, 9.17) is 0 Å². The smallest absolute Gasteiger partial charge is 0.123 e. The van der Waals surface area contributed by atoms with Crippen LogP contribution in [0.25, 0.3) is 0 Å². The largest absolute Gasteiger partial charge is 0.310 e. The number of hydrogen-bond acceptors (Lipinski definition) is 1. The molecule has 0 saturated heterocycles. The van der Waals surface area contributed by atoms with Crippen LogP contribution >= 0.6 is 0 Å². The molecule has 1 aliphatic rings. The van der Waals surface area contributed by atoms with Gasteiger partial charge in [0.15, 0.2) is 0 Å². The third-order valence-electron chi connectivity index (χ3n) is 3.69.